The summed E-state index contributed by atoms with van der Waals surface area (Å²) in [4.78, 5) is 31.2. The van der Waals surface area contributed by atoms with Gasteiger partial charge in [-0.05, 0) is 50.2 Å². The maximum atomic E-state index is 11.5. The highest BCUT2D eigenvalue weighted by Gasteiger charge is 2.10. The molecule has 136 valence electrons. The van der Waals surface area contributed by atoms with E-state index in [0.717, 1.165) is 5.69 Å². The highest BCUT2D eigenvalue weighted by atomic mass is 16.1. The van der Waals surface area contributed by atoms with Crippen molar-refractivity contribution in [1.82, 2.24) is 9.97 Å². The van der Waals surface area contributed by atoms with E-state index in [2.05, 4.69) is 20.6 Å². The number of hydrogen-bond acceptors (Lipinski definition) is 7. The molecule has 1 heterocycles. The Hall–Kier alpha value is -3.74. The fraction of sp³-hybridized carbons (Fsp3) is 0.100. The molecule has 7 nitrogen and oxygen atoms in total. The minimum absolute atomic E-state index is 0.00220. The van der Waals surface area contributed by atoms with Gasteiger partial charge in [-0.3, -0.25) is 9.59 Å². The molecule has 0 saturated heterocycles. The highest BCUT2D eigenvalue weighted by molar-refractivity contribution is 5.95. The number of benzene rings is 2. The van der Waals surface area contributed by atoms with Gasteiger partial charge in [-0.25, -0.2) is 9.97 Å². The molecular formula is C20H19N5O2. The molecule has 3 rings (SSSR count). The molecule has 0 fully saturated rings. The minimum atomic E-state index is -0.0225. The van der Waals surface area contributed by atoms with Crippen molar-refractivity contribution in [2.75, 3.05) is 16.4 Å². The molecule has 1 aromatic heterocycles. The van der Waals surface area contributed by atoms with E-state index in [0.29, 0.717) is 34.1 Å². The van der Waals surface area contributed by atoms with Crippen LogP contribution in [0.15, 0.2) is 54.9 Å². The van der Waals surface area contributed by atoms with E-state index in [4.69, 9.17) is 5.73 Å². The first-order chi connectivity index (χ1) is 12.9. The van der Waals surface area contributed by atoms with E-state index >= 15 is 0 Å². The van der Waals surface area contributed by atoms with E-state index in [1.165, 1.54) is 20.2 Å². The monoisotopic (exact) mass is 361 g/mol. The first kappa shape index (κ1) is 18.1. The number of hydrogen-bond donors (Lipinski definition) is 3. The lowest BCUT2D eigenvalue weighted by Gasteiger charge is -2.13. The summed E-state index contributed by atoms with van der Waals surface area (Å²) >= 11 is 0. The lowest BCUT2D eigenvalue weighted by atomic mass is 10.1. The fourth-order valence-corrected chi connectivity index (χ4v) is 2.47. The second-order valence-electron chi connectivity index (χ2n) is 6.01. The zero-order valence-corrected chi connectivity index (χ0v) is 15.0. The van der Waals surface area contributed by atoms with Crippen LogP contribution in [0.25, 0.3) is 0 Å². The van der Waals surface area contributed by atoms with Crippen molar-refractivity contribution in [3.05, 3.63) is 66.0 Å². The van der Waals surface area contributed by atoms with Crippen molar-refractivity contribution in [1.29, 1.82) is 0 Å². The molecule has 0 aliphatic rings. The summed E-state index contributed by atoms with van der Waals surface area (Å²) in [5.74, 6) is 0.840. The van der Waals surface area contributed by atoms with E-state index in [-0.39, 0.29) is 11.6 Å². The molecule has 4 N–H and O–H groups in total. The summed E-state index contributed by atoms with van der Waals surface area (Å²) in [5.41, 5.74) is 9.19. The number of carbonyl (C=O) groups excluding carboxylic acids is 2. The summed E-state index contributed by atoms with van der Waals surface area (Å²) in [6, 6.07) is 14.1. The molecule has 0 spiro atoms. The standard InChI is InChI=1S/C20H19N5O2/c1-12(26)14-6-8-16(9-7-14)24-19-18(21)20(23-11-22-19)25-17-5-3-4-15(10-17)13(2)27/h3-11H,21H2,1-2H3,(H2,22,23,24,25). The zero-order chi connectivity index (χ0) is 19.4. The summed E-state index contributed by atoms with van der Waals surface area (Å²) in [5, 5.41) is 6.22. The Bertz CT molecular complexity index is 1000. The van der Waals surface area contributed by atoms with Gasteiger partial charge in [0.25, 0.3) is 0 Å². The van der Waals surface area contributed by atoms with Crippen LogP contribution in [0.5, 0.6) is 0 Å². The summed E-state index contributed by atoms with van der Waals surface area (Å²) < 4.78 is 0. The molecule has 0 aliphatic heterocycles. The average Bonchev–Trinajstić information content (AvgIpc) is 2.65. The molecule has 3 aromatic rings. The second kappa shape index (κ2) is 7.65. The van der Waals surface area contributed by atoms with Crippen molar-refractivity contribution < 1.29 is 9.59 Å². The van der Waals surface area contributed by atoms with Gasteiger partial charge in [0, 0.05) is 22.5 Å². The number of carbonyl (C=O) groups is 2. The van der Waals surface area contributed by atoms with Gasteiger partial charge in [-0.1, -0.05) is 12.1 Å². The summed E-state index contributed by atoms with van der Waals surface area (Å²) in [6.07, 6.45) is 1.39. The maximum Gasteiger partial charge on any atom is 0.159 e. The molecule has 0 amide bonds. The molecule has 0 radical (unpaired) electrons. The van der Waals surface area contributed by atoms with Gasteiger partial charge >= 0.3 is 0 Å². The molecule has 2 aromatic carbocycles. The molecular weight excluding hydrogens is 342 g/mol. The predicted molar refractivity (Wildman–Crippen MR) is 106 cm³/mol. The normalized spacial score (nSPS) is 10.3. The van der Waals surface area contributed by atoms with Crippen LogP contribution in [0.2, 0.25) is 0 Å². The number of nitrogens with zero attached hydrogens (tertiary/aromatic N) is 2. The number of rotatable bonds is 6. The molecule has 0 atom stereocenters. The first-order valence-electron chi connectivity index (χ1n) is 8.30. The van der Waals surface area contributed by atoms with Gasteiger partial charge in [0.05, 0.1) is 0 Å². The number of nitrogens with one attached hydrogen (secondary N) is 2. The Morgan fingerprint density at radius 2 is 1.41 bits per heavy atom. The third-order valence-corrected chi connectivity index (χ3v) is 3.97. The lowest BCUT2D eigenvalue weighted by Crippen LogP contribution is -2.05. The van der Waals surface area contributed by atoms with Crippen molar-refractivity contribution >= 4 is 40.3 Å². The van der Waals surface area contributed by atoms with Crippen LogP contribution >= 0.6 is 0 Å². The van der Waals surface area contributed by atoms with Crippen LogP contribution in [0.4, 0.5) is 28.7 Å². The molecule has 0 saturated carbocycles. The number of anilines is 5. The third-order valence-electron chi connectivity index (χ3n) is 3.97. The Morgan fingerprint density at radius 3 is 2.00 bits per heavy atom. The van der Waals surface area contributed by atoms with Crippen molar-refractivity contribution in [2.24, 2.45) is 0 Å². The molecule has 0 bridgehead atoms. The number of nitrogens with two attached hydrogens (primary N) is 1. The van der Waals surface area contributed by atoms with Gasteiger partial charge in [-0.15, -0.1) is 0 Å². The van der Waals surface area contributed by atoms with Crippen LogP contribution in [0.3, 0.4) is 0 Å². The first-order valence-corrected chi connectivity index (χ1v) is 8.30. The Balaban J connectivity index is 1.82. The smallest absolute Gasteiger partial charge is 0.159 e. The van der Waals surface area contributed by atoms with E-state index < -0.39 is 0 Å². The number of nitrogen functional groups attached to an aromatic ring is 1. The lowest BCUT2D eigenvalue weighted by molar-refractivity contribution is 0.100. The number of Topliss-reactive ketones (excluding diaryl/α,β-unsaturated/α-hetero) is 2. The van der Waals surface area contributed by atoms with Crippen molar-refractivity contribution in [3.63, 3.8) is 0 Å². The van der Waals surface area contributed by atoms with Crippen LogP contribution in [-0.4, -0.2) is 21.5 Å². The summed E-state index contributed by atoms with van der Waals surface area (Å²) in [7, 11) is 0. The zero-order valence-electron chi connectivity index (χ0n) is 15.0. The predicted octanol–water partition coefficient (Wildman–Crippen LogP) is 3.95. The van der Waals surface area contributed by atoms with E-state index in [1.54, 1.807) is 42.5 Å². The van der Waals surface area contributed by atoms with Gasteiger partial charge in [0.1, 0.15) is 12.0 Å². The number of ketones is 2. The largest absolute Gasteiger partial charge is 0.393 e. The fourth-order valence-electron chi connectivity index (χ4n) is 2.47. The van der Waals surface area contributed by atoms with Crippen LogP contribution < -0.4 is 16.4 Å². The maximum absolute atomic E-state index is 11.5. The van der Waals surface area contributed by atoms with E-state index in [9.17, 15) is 9.59 Å². The average molecular weight is 361 g/mol. The summed E-state index contributed by atoms with van der Waals surface area (Å²) in [6.45, 7) is 3.03. The van der Waals surface area contributed by atoms with Crippen LogP contribution in [-0.2, 0) is 0 Å². The topological polar surface area (TPSA) is 110 Å². The van der Waals surface area contributed by atoms with Crippen molar-refractivity contribution in [2.45, 2.75) is 13.8 Å². The third kappa shape index (κ3) is 4.27. The Kier molecular flexibility index (Phi) is 5.12. The van der Waals surface area contributed by atoms with Gasteiger partial charge in [0.15, 0.2) is 23.2 Å². The molecule has 0 aliphatic carbocycles. The van der Waals surface area contributed by atoms with Crippen LogP contribution in [0, 0.1) is 0 Å². The Labute approximate surface area is 156 Å². The highest BCUT2D eigenvalue weighted by Crippen LogP contribution is 2.28. The molecule has 27 heavy (non-hydrogen) atoms. The minimum Gasteiger partial charge on any atom is -0.393 e. The molecule has 7 heteroatoms. The van der Waals surface area contributed by atoms with E-state index in [1.807, 2.05) is 6.07 Å². The van der Waals surface area contributed by atoms with Gasteiger partial charge < -0.3 is 16.4 Å². The van der Waals surface area contributed by atoms with Crippen LogP contribution in [0.1, 0.15) is 34.6 Å². The van der Waals surface area contributed by atoms with Gasteiger partial charge in [0.2, 0.25) is 0 Å². The second-order valence-corrected chi connectivity index (χ2v) is 6.01. The molecule has 0 unspecified atom stereocenters. The SMILES string of the molecule is CC(=O)c1ccc(Nc2ncnc(Nc3cccc(C(C)=O)c3)c2N)cc1. The van der Waals surface area contributed by atoms with Gasteiger partial charge in [-0.2, -0.15) is 0 Å². The van der Waals surface area contributed by atoms with Crippen molar-refractivity contribution in [3.8, 4) is 0 Å². The quantitative estimate of drug-likeness (QED) is 0.570. The Morgan fingerprint density at radius 1 is 0.815 bits per heavy atom. The number of aromatic nitrogens is 2.